The number of urea groups is 1. The fourth-order valence-electron chi connectivity index (χ4n) is 3.90. The molecule has 0 spiro atoms. The molecule has 0 atom stereocenters. The molecular weight excluding hydrogens is 374 g/mol. The lowest BCUT2D eigenvalue weighted by Crippen LogP contribution is -2.54. The summed E-state index contributed by atoms with van der Waals surface area (Å²) in [5, 5.41) is 3.10. The Hall–Kier alpha value is -2.53. The summed E-state index contributed by atoms with van der Waals surface area (Å²) in [6, 6.07) is 18.6. The second-order valence-electron chi connectivity index (χ2n) is 9.03. The van der Waals surface area contributed by atoms with Crippen molar-refractivity contribution in [1.82, 2.24) is 15.1 Å². The van der Waals surface area contributed by atoms with Crippen molar-refractivity contribution in [3.05, 3.63) is 60.2 Å². The Morgan fingerprint density at radius 3 is 2.20 bits per heavy atom. The van der Waals surface area contributed by atoms with Crippen molar-refractivity contribution in [3.8, 4) is 11.5 Å². The van der Waals surface area contributed by atoms with Crippen LogP contribution in [0.15, 0.2) is 54.6 Å². The molecule has 2 aromatic carbocycles. The monoisotopic (exact) mass is 409 g/mol. The van der Waals surface area contributed by atoms with Gasteiger partial charge in [0.15, 0.2) is 0 Å². The van der Waals surface area contributed by atoms with Crippen LogP contribution in [-0.2, 0) is 6.54 Å². The Bertz CT molecular complexity index is 791. The molecule has 0 aromatic heterocycles. The van der Waals surface area contributed by atoms with Crippen LogP contribution >= 0.6 is 0 Å². The highest BCUT2D eigenvalue weighted by atomic mass is 16.5. The van der Waals surface area contributed by atoms with E-state index in [-0.39, 0.29) is 11.6 Å². The van der Waals surface area contributed by atoms with Crippen molar-refractivity contribution in [1.29, 1.82) is 0 Å². The first-order chi connectivity index (χ1) is 14.3. The average molecular weight is 410 g/mol. The molecule has 2 aromatic rings. The number of amides is 2. The minimum Gasteiger partial charge on any atom is -0.457 e. The lowest BCUT2D eigenvalue weighted by atomic mass is 10.0. The minimum atomic E-state index is -0.207. The molecule has 0 radical (unpaired) electrons. The van der Waals surface area contributed by atoms with Gasteiger partial charge in [-0.3, -0.25) is 4.90 Å². The predicted molar refractivity (Wildman–Crippen MR) is 122 cm³/mol. The van der Waals surface area contributed by atoms with Gasteiger partial charge in [0.05, 0.1) is 0 Å². The first kappa shape index (κ1) is 22.2. The number of ether oxygens (including phenoxy) is 1. The van der Waals surface area contributed by atoms with Crippen LogP contribution in [0.2, 0.25) is 0 Å². The molecule has 5 nitrogen and oxygen atoms in total. The van der Waals surface area contributed by atoms with E-state index in [0.717, 1.165) is 50.5 Å². The Balaban J connectivity index is 1.49. The van der Waals surface area contributed by atoms with E-state index >= 15 is 0 Å². The second-order valence-corrected chi connectivity index (χ2v) is 9.03. The molecular formula is C25H35N3O2. The standard InChI is InChI=1S/C25H35N3O2/c1-5-28(24(29)26-25(2,3)4)21-15-17-27(18-16-21)19-20-11-13-23(14-12-20)30-22-9-7-6-8-10-22/h6-14,21H,5,15-19H2,1-4H3,(H,26,29). The number of nitrogens with zero attached hydrogens (tertiary/aromatic N) is 2. The van der Waals surface area contributed by atoms with Gasteiger partial charge in [-0.1, -0.05) is 30.3 Å². The topological polar surface area (TPSA) is 44.8 Å². The summed E-state index contributed by atoms with van der Waals surface area (Å²) in [6.07, 6.45) is 2.03. The third kappa shape index (κ3) is 6.49. The first-order valence-electron chi connectivity index (χ1n) is 11.0. The van der Waals surface area contributed by atoms with Crippen LogP contribution in [0.1, 0.15) is 46.1 Å². The van der Waals surface area contributed by atoms with Crippen LogP contribution < -0.4 is 10.1 Å². The normalized spacial score (nSPS) is 15.6. The van der Waals surface area contributed by atoms with Crippen molar-refractivity contribution in [2.45, 2.75) is 58.7 Å². The molecule has 1 aliphatic heterocycles. The maximum absolute atomic E-state index is 12.6. The van der Waals surface area contributed by atoms with Gasteiger partial charge in [0.2, 0.25) is 0 Å². The van der Waals surface area contributed by atoms with E-state index < -0.39 is 0 Å². The number of carbonyl (C=O) groups excluding carboxylic acids is 1. The number of hydrogen-bond donors (Lipinski definition) is 1. The van der Waals surface area contributed by atoms with Crippen molar-refractivity contribution in [2.24, 2.45) is 0 Å². The van der Waals surface area contributed by atoms with Crippen LogP contribution in [0.5, 0.6) is 11.5 Å². The molecule has 2 amide bonds. The van der Waals surface area contributed by atoms with E-state index in [0.29, 0.717) is 6.04 Å². The van der Waals surface area contributed by atoms with Crippen molar-refractivity contribution < 1.29 is 9.53 Å². The molecule has 1 saturated heterocycles. The van der Waals surface area contributed by atoms with Crippen LogP contribution in [-0.4, -0.2) is 47.0 Å². The van der Waals surface area contributed by atoms with Gasteiger partial charge in [-0.25, -0.2) is 4.79 Å². The molecule has 1 N–H and O–H groups in total. The van der Waals surface area contributed by atoms with Gasteiger partial charge >= 0.3 is 6.03 Å². The fraction of sp³-hybridized carbons (Fsp3) is 0.480. The van der Waals surface area contributed by atoms with E-state index in [1.54, 1.807) is 0 Å². The maximum Gasteiger partial charge on any atom is 0.318 e. The van der Waals surface area contributed by atoms with E-state index in [4.69, 9.17) is 4.74 Å². The van der Waals surface area contributed by atoms with E-state index in [2.05, 4.69) is 29.3 Å². The third-order valence-corrected chi connectivity index (χ3v) is 5.39. The van der Waals surface area contributed by atoms with Crippen LogP contribution in [0.3, 0.4) is 0 Å². The van der Waals surface area contributed by atoms with Gasteiger partial charge in [-0.05, 0) is 70.4 Å². The molecule has 5 heteroatoms. The second kappa shape index (κ2) is 9.98. The highest BCUT2D eigenvalue weighted by Crippen LogP contribution is 2.23. The van der Waals surface area contributed by atoms with Gasteiger partial charge < -0.3 is 15.0 Å². The molecule has 162 valence electrons. The van der Waals surface area contributed by atoms with E-state index in [9.17, 15) is 4.79 Å². The first-order valence-corrected chi connectivity index (χ1v) is 11.0. The van der Waals surface area contributed by atoms with Crippen LogP contribution in [0.25, 0.3) is 0 Å². The molecule has 30 heavy (non-hydrogen) atoms. The highest BCUT2D eigenvalue weighted by molar-refractivity contribution is 5.75. The van der Waals surface area contributed by atoms with Gasteiger partial charge in [0.1, 0.15) is 11.5 Å². The number of para-hydroxylation sites is 1. The van der Waals surface area contributed by atoms with Gasteiger partial charge in [-0.2, -0.15) is 0 Å². The Kier molecular flexibility index (Phi) is 7.38. The summed E-state index contributed by atoms with van der Waals surface area (Å²) in [5.74, 6) is 1.70. The van der Waals surface area contributed by atoms with E-state index in [1.807, 2.05) is 68.1 Å². The average Bonchev–Trinajstić information content (AvgIpc) is 2.71. The fourth-order valence-corrected chi connectivity index (χ4v) is 3.90. The summed E-state index contributed by atoms with van der Waals surface area (Å²) in [4.78, 5) is 17.1. The highest BCUT2D eigenvalue weighted by Gasteiger charge is 2.28. The lowest BCUT2D eigenvalue weighted by molar-refractivity contribution is 0.116. The van der Waals surface area contributed by atoms with Gasteiger partial charge in [0.25, 0.3) is 0 Å². The molecule has 1 fully saturated rings. The zero-order valence-electron chi connectivity index (χ0n) is 18.7. The summed E-state index contributed by atoms with van der Waals surface area (Å²) >= 11 is 0. The molecule has 1 aliphatic rings. The Morgan fingerprint density at radius 2 is 1.63 bits per heavy atom. The summed E-state index contributed by atoms with van der Waals surface area (Å²) in [6.45, 7) is 11.8. The Labute approximate surface area is 181 Å². The maximum atomic E-state index is 12.6. The summed E-state index contributed by atoms with van der Waals surface area (Å²) in [7, 11) is 0. The largest absolute Gasteiger partial charge is 0.457 e. The summed E-state index contributed by atoms with van der Waals surface area (Å²) < 4.78 is 5.88. The third-order valence-electron chi connectivity index (χ3n) is 5.39. The quantitative estimate of drug-likeness (QED) is 0.707. The minimum absolute atomic E-state index is 0.0532. The number of likely N-dealkylation sites (tertiary alicyclic amines) is 1. The number of benzene rings is 2. The zero-order chi connectivity index (χ0) is 21.6. The van der Waals surface area contributed by atoms with E-state index in [1.165, 1.54) is 5.56 Å². The molecule has 0 aliphatic carbocycles. The molecule has 1 heterocycles. The molecule has 0 unspecified atom stereocenters. The van der Waals surface area contributed by atoms with Crippen LogP contribution in [0, 0.1) is 0 Å². The van der Waals surface area contributed by atoms with Crippen LogP contribution in [0.4, 0.5) is 4.79 Å². The number of piperidine rings is 1. The predicted octanol–water partition coefficient (Wildman–Crippen LogP) is 5.27. The van der Waals surface area contributed by atoms with Gasteiger partial charge in [-0.15, -0.1) is 0 Å². The number of carbonyl (C=O) groups is 1. The van der Waals surface area contributed by atoms with Gasteiger partial charge in [0, 0.05) is 37.8 Å². The number of nitrogens with one attached hydrogen (secondary N) is 1. The molecule has 0 bridgehead atoms. The molecule has 0 saturated carbocycles. The summed E-state index contributed by atoms with van der Waals surface area (Å²) in [5.41, 5.74) is 1.08. The SMILES string of the molecule is CCN(C(=O)NC(C)(C)C)C1CCN(Cc2ccc(Oc3ccccc3)cc2)CC1. The number of hydrogen-bond acceptors (Lipinski definition) is 3. The molecule has 3 rings (SSSR count). The van der Waals surface area contributed by atoms with Crippen molar-refractivity contribution in [2.75, 3.05) is 19.6 Å². The zero-order valence-corrected chi connectivity index (χ0v) is 18.7. The lowest BCUT2D eigenvalue weighted by Gasteiger charge is -2.39. The van der Waals surface area contributed by atoms with Crippen molar-refractivity contribution >= 4 is 6.03 Å². The number of rotatable bonds is 6. The smallest absolute Gasteiger partial charge is 0.318 e. The van der Waals surface area contributed by atoms with Crippen molar-refractivity contribution in [3.63, 3.8) is 0 Å². The Morgan fingerprint density at radius 1 is 1.03 bits per heavy atom.